The van der Waals surface area contributed by atoms with E-state index in [-0.39, 0.29) is 35.6 Å². The van der Waals surface area contributed by atoms with Gasteiger partial charge in [-0.3, -0.25) is 4.79 Å². The van der Waals surface area contributed by atoms with Gasteiger partial charge in [-0.15, -0.1) is 0 Å². The van der Waals surface area contributed by atoms with Gasteiger partial charge >= 0.3 is 5.97 Å². The molecule has 3 rings (SSSR count). The average Bonchev–Trinajstić information content (AvgIpc) is 2.84. The van der Waals surface area contributed by atoms with Crippen LogP contribution in [0.5, 0.6) is 0 Å². The predicted molar refractivity (Wildman–Crippen MR) is 76.2 cm³/mol. The molecule has 3 nitrogen and oxygen atoms in total. The molecule has 0 spiro atoms. The molecule has 2 fully saturated rings. The highest BCUT2D eigenvalue weighted by molar-refractivity contribution is 5.72. The Morgan fingerprint density at radius 2 is 1.90 bits per heavy atom. The average molecular weight is 274 g/mol. The number of carbonyl (C=O) groups excluding carboxylic acids is 1. The topological polar surface area (TPSA) is 35.5 Å². The van der Waals surface area contributed by atoms with Crippen LogP contribution in [0.3, 0.4) is 0 Å². The summed E-state index contributed by atoms with van der Waals surface area (Å²) in [5, 5.41) is 0. The van der Waals surface area contributed by atoms with E-state index in [4.69, 9.17) is 9.47 Å². The molecule has 2 saturated heterocycles. The number of rotatable bonds is 2. The Morgan fingerprint density at radius 1 is 1.20 bits per heavy atom. The minimum atomic E-state index is -0.118. The lowest BCUT2D eigenvalue weighted by Crippen LogP contribution is -2.38. The molecule has 1 unspecified atom stereocenters. The van der Waals surface area contributed by atoms with Crippen LogP contribution in [0.25, 0.3) is 0 Å². The molecular formula is C17H22O3. The highest BCUT2D eigenvalue weighted by Crippen LogP contribution is 2.45. The summed E-state index contributed by atoms with van der Waals surface area (Å²) in [7, 11) is 0. The van der Waals surface area contributed by atoms with E-state index in [1.54, 1.807) is 0 Å². The summed E-state index contributed by atoms with van der Waals surface area (Å²) < 4.78 is 11.7. The number of benzene rings is 1. The molecule has 0 bridgehead atoms. The van der Waals surface area contributed by atoms with Crippen molar-refractivity contribution in [1.29, 1.82) is 0 Å². The molecule has 0 radical (unpaired) electrons. The van der Waals surface area contributed by atoms with E-state index in [1.807, 2.05) is 6.07 Å². The van der Waals surface area contributed by atoms with E-state index in [2.05, 4.69) is 45.0 Å². The van der Waals surface area contributed by atoms with Gasteiger partial charge in [0.25, 0.3) is 0 Å². The molecule has 0 N–H and O–H groups in total. The molecule has 4 atom stereocenters. The number of carbonyl (C=O) groups is 1. The zero-order valence-corrected chi connectivity index (χ0v) is 12.3. The Hall–Kier alpha value is -1.35. The summed E-state index contributed by atoms with van der Waals surface area (Å²) in [6.45, 7) is 6.61. The fraction of sp³-hybridized carbons (Fsp3) is 0.588. The minimum absolute atomic E-state index is 0.0552. The largest absolute Gasteiger partial charge is 0.459 e. The minimum Gasteiger partial charge on any atom is -0.459 e. The first-order valence-electron chi connectivity index (χ1n) is 7.34. The van der Waals surface area contributed by atoms with Crippen LogP contribution < -0.4 is 0 Å². The van der Waals surface area contributed by atoms with E-state index < -0.39 is 0 Å². The smallest absolute Gasteiger partial charge is 0.308 e. The number of esters is 1. The maximum atomic E-state index is 11.5. The van der Waals surface area contributed by atoms with E-state index >= 15 is 0 Å². The summed E-state index contributed by atoms with van der Waals surface area (Å²) in [5.74, 6) is 0.131. The first-order chi connectivity index (χ1) is 9.45. The molecule has 20 heavy (non-hydrogen) atoms. The SMILES string of the molecule is CC(C)(C)[C@H]1C(Cc2ccccc2)O[C@@H]2CC(=O)O[C@@H]21. The quantitative estimate of drug-likeness (QED) is 0.778. The van der Waals surface area contributed by atoms with Crippen molar-refractivity contribution in [1.82, 2.24) is 0 Å². The van der Waals surface area contributed by atoms with Gasteiger partial charge in [-0.1, -0.05) is 51.1 Å². The monoisotopic (exact) mass is 274 g/mol. The number of hydrogen-bond donors (Lipinski definition) is 0. The van der Waals surface area contributed by atoms with Crippen molar-refractivity contribution in [3.05, 3.63) is 35.9 Å². The Kier molecular flexibility index (Phi) is 3.33. The summed E-state index contributed by atoms with van der Waals surface area (Å²) in [6, 6.07) is 10.4. The first-order valence-corrected chi connectivity index (χ1v) is 7.34. The van der Waals surface area contributed by atoms with E-state index in [9.17, 15) is 4.79 Å². The van der Waals surface area contributed by atoms with E-state index in [0.29, 0.717) is 6.42 Å². The summed E-state index contributed by atoms with van der Waals surface area (Å²) >= 11 is 0. The zero-order valence-electron chi connectivity index (χ0n) is 12.3. The highest BCUT2D eigenvalue weighted by atomic mass is 16.6. The molecule has 2 aliphatic heterocycles. The van der Waals surface area contributed by atoms with Gasteiger partial charge in [0.05, 0.1) is 12.5 Å². The number of fused-ring (bicyclic) bond motifs is 1. The third-order valence-electron chi connectivity index (χ3n) is 4.39. The van der Waals surface area contributed by atoms with E-state index in [1.165, 1.54) is 5.56 Å². The lowest BCUT2D eigenvalue weighted by Gasteiger charge is -2.33. The second-order valence-electron chi connectivity index (χ2n) is 6.95. The highest BCUT2D eigenvalue weighted by Gasteiger charge is 2.55. The van der Waals surface area contributed by atoms with Crippen LogP contribution in [0.1, 0.15) is 32.8 Å². The third-order valence-corrected chi connectivity index (χ3v) is 4.39. The first kappa shape index (κ1) is 13.6. The molecule has 0 saturated carbocycles. The van der Waals surface area contributed by atoms with Crippen LogP contribution in [0, 0.1) is 11.3 Å². The predicted octanol–water partition coefficient (Wildman–Crippen LogP) is 2.97. The van der Waals surface area contributed by atoms with E-state index in [0.717, 1.165) is 6.42 Å². The number of hydrogen-bond acceptors (Lipinski definition) is 3. The van der Waals surface area contributed by atoms with Crippen molar-refractivity contribution in [3.63, 3.8) is 0 Å². The maximum absolute atomic E-state index is 11.5. The number of ether oxygens (including phenoxy) is 2. The maximum Gasteiger partial charge on any atom is 0.308 e. The van der Waals surface area contributed by atoms with Crippen molar-refractivity contribution in [2.45, 2.75) is 51.9 Å². The van der Waals surface area contributed by atoms with Crippen molar-refractivity contribution >= 4 is 5.97 Å². The lowest BCUT2D eigenvalue weighted by molar-refractivity contribution is -0.144. The Balaban J connectivity index is 1.82. The van der Waals surface area contributed by atoms with Crippen LogP contribution in [0.2, 0.25) is 0 Å². The molecule has 2 aliphatic rings. The normalized spacial score (nSPS) is 33.0. The summed E-state index contributed by atoms with van der Waals surface area (Å²) in [5.41, 5.74) is 1.33. The standard InChI is InChI=1S/C17H22O3/c1-17(2,3)15-12(9-11-7-5-4-6-8-11)19-13-10-14(18)20-16(13)15/h4-8,12-13,15-16H,9-10H2,1-3H3/t12?,13-,15+,16+/m1/s1. The van der Waals surface area contributed by atoms with Gasteiger partial charge in [-0.2, -0.15) is 0 Å². The molecule has 0 amide bonds. The van der Waals surface area contributed by atoms with Crippen LogP contribution in [0.15, 0.2) is 30.3 Å². The van der Waals surface area contributed by atoms with Crippen molar-refractivity contribution < 1.29 is 14.3 Å². The lowest BCUT2D eigenvalue weighted by atomic mass is 9.73. The van der Waals surface area contributed by atoms with Crippen molar-refractivity contribution in [3.8, 4) is 0 Å². The van der Waals surface area contributed by atoms with Gasteiger partial charge < -0.3 is 9.47 Å². The fourth-order valence-electron chi connectivity index (χ4n) is 3.58. The van der Waals surface area contributed by atoms with Gasteiger partial charge in [0.2, 0.25) is 0 Å². The zero-order chi connectivity index (χ0) is 14.3. The molecular weight excluding hydrogens is 252 g/mol. The third kappa shape index (κ3) is 2.47. The molecule has 3 heteroatoms. The summed E-state index contributed by atoms with van der Waals surface area (Å²) in [4.78, 5) is 11.5. The molecule has 108 valence electrons. The Bertz CT molecular complexity index is 489. The van der Waals surface area contributed by atoms with Crippen LogP contribution in [-0.2, 0) is 20.7 Å². The van der Waals surface area contributed by atoms with Crippen LogP contribution in [0.4, 0.5) is 0 Å². The molecule has 1 aromatic carbocycles. The van der Waals surface area contributed by atoms with Gasteiger partial charge in [0.1, 0.15) is 12.2 Å². The van der Waals surface area contributed by atoms with Crippen LogP contribution >= 0.6 is 0 Å². The Labute approximate surface area is 120 Å². The second-order valence-corrected chi connectivity index (χ2v) is 6.95. The second kappa shape index (κ2) is 4.88. The molecule has 1 aromatic rings. The fourth-order valence-corrected chi connectivity index (χ4v) is 3.58. The molecule has 0 aromatic heterocycles. The summed E-state index contributed by atoms with van der Waals surface area (Å²) in [6.07, 6.45) is 1.28. The van der Waals surface area contributed by atoms with Gasteiger partial charge in [0, 0.05) is 5.92 Å². The van der Waals surface area contributed by atoms with Crippen LogP contribution in [-0.4, -0.2) is 24.3 Å². The Morgan fingerprint density at radius 3 is 2.55 bits per heavy atom. The van der Waals surface area contributed by atoms with Crippen molar-refractivity contribution in [2.75, 3.05) is 0 Å². The van der Waals surface area contributed by atoms with Gasteiger partial charge in [-0.05, 0) is 17.4 Å². The molecule has 0 aliphatic carbocycles. The van der Waals surface area contributed by atoms with Gasteiger partial charge in [0.15, 0.2) is 0 Å². The van der Waals surface area contributed by atoms with Crippen molar-refractivity contribution in [2.24, 2.45) is 11.3 Å². The molecule has 2 heterocycles. The van der Waals surface area contributed by atoms with Gasteiger partial charge in [-0.25, -0.2) is 0 Å².